The summed E-state index contributed by atoms with van der Waals surface area (Å²) >= 11 is 0. The molecule has 0 saturated heterocycles. The number of amides is 1. The molecule has 5 rings (SSSR count). The Morgan fingerprint density at radius 3 is 2.17 bits per heavy atom. The summed E-state index contributed by atoms with van der Waals surface area (Å²) in [4.78, 5) is 15.6. The largest absolute Gasteiger partial charge is 0.493 e. The van der Waals surface area contributed by atoms with E-state index in [4.69, 9.17) is 4.74 Å². The van der Waals surface area contributed by atoms with Gasteiger partial charge in [0.1, 0.15) is 11.4 Å². The van der Waals surface area contributed by atoms with Crippen molar-refractivity contribution >= 4 is 11.6 Å². The van der Waals surface area contributed by atoms with Crippen molar-refractivity contribution in [3.8, 4) is 5.75 Å². The first-order valence-corrected chi connectivity index (χ1v) is 12.1. The van der Waals surface area contributed by atoms with Gasteiger partial charge in [-0.1, -0.05) is 84.9 Å². The Balaban J connectivity index is 1.41. The van der Waals surface area contributed by atoms with Crippen molar-refractivity contribution in [2.45, 2.75) is 25.4 Å². The molecule has 0 bridgehead atoms. The number of hydrogen-bond acceptors (Lipinski definition) is 3. The van der Waals surface area contributed by atoms with Crippen LogP contribution in [0.2, 0.25) is 0 Å². The number of fused-ring (bicyclic) bond motifs is 1. The lowest BCUT2D eigenvalue weighted by Crippen LogP contribution is -2.56. The van der Waals surface area contributed by atoms with Gasteiger partial charge in [-0.05, 0) is 48.7 Å². The standard InChI is InChI=1S/C31H30N2O2/c1-31(26-15-10-16-27(23-26)35-22-20-25-13-6-3-7-14-25)32-29-18-9-8-17-28(29)30(34)33(31)21-19-24-11-4-2-5-12-24/h2-18,23,32H,19-22H2,1H3. The predicted octanol–water partition coefficient (Wildman–Crippen LogP) is 6.29. The van der Waals surface area contributed by atoms with E-state index in [1.54, 1.807) is 0 Å². The lowest BCUT2D eigenvalue weighted by Gasteiger charge is -2.47. The summed E-state index contributed by atoms with van der Waals surface area (Å²) in [5, 5.41) is 3.67. The molecule has 1 heterocycles. The Hall–Kier alpha value is -4.05. The van der Waals surface area contributed by atoms with Crippen LogP contribution < -0.4 is 10.1 Å². The highest BCUT2D eigenvalue weighted by molar-refractivity contribution is 6.02. The summed E-state index contributed by atoms with van der Waals surface area (Å²) in [6.07, 6.45) is 1.62. The van der Waals surface area contributed by atoms with Crippen molar-refractivity contribution in [3.63, 3.8) is 0 Å². The first-order valence-electron chi connectivity index (χ1n) is 12.1. The SMILES string of the molecule is CC1(c2cccc(OCCc3ccccc3)c2)Nc2ccccc2C(=O)N1CCc1ccccc1. The van der Waals surface area contributed by atoms with Gasteiger partial charge in [0.2, 0.25) is 0 Å². The molecule has 35 heavy (non-hydrogen) atoms. The Kier molecular flexibility index (Phi) is 6.53. The Morgan fingerprint density at radius 2 is 1.43 bits per heavy atom. The quantitative estimate of drug-likeness (QED) is 0.334. The zero-order valence-corrected chi connectivity index (χ0v) is 20.0. The third kappa shape index (κ3) is 4.92. The third-order valence-corrected chi connectivity index (χ3v) is 6.69. The maximum absolute atomic E-state index is 13.7. The fourth-order valence-corrected chi connectivity index (χ4v) is 4.72. The smallest absolute Gasteiger partial charge is 0.258 e. The van der Waals surface area contributed by atoms with Crippen molar-refractivity contribution in [2.24, 2.45) is 0 Å². The molecule has 0 aliphatic carbocycles. The van der Waals surface area contributed by atoms with Crippen LogP contribution in [0.3, 0.4) is 0 Å². The predicted molar refractivity (Wildman–Crippen MR) is 141 cm³/mol. The van der Waals surface area contributed by atoms with Gasteiger partial charge in [-0.3, -0.25) is 4.79 Å². The summed E-state index contributed by atoms with van der Waals surface area (Å²) in [5.41, 5.74) is 4.29. The highest BCUT2D eigenvalue weighted by Gasteiger charge is 2.42. The van der Waals surface area contributed by atoms with Crippen molar-refractivity contribution in [2.75, 3.05) is 18.5 Å². The number of nitrogens with zero attached hydrogens (tertiary/aromatic N) is 1. The van der Waals surface area contributed by atoms with Gasteiger partial charge in [0.25, 0.3) is 5.91 Å². The minimum absolute atomic E-state index is 0.0354. The molecule has 4 nitrogen and oxygen atoms in total. The third-order valence-electron chi connectivity index (χ3n) is 6.69. The van der Waals surface area contributed by atoms with Crippen LogP contribution >= 0.6 is 0 Å². The number of ether oxygens (including phenoxy) is 1. The Bertz CT molecular complexity index is 1290. The van der Waals surface area contributed by atoms with Crippen LogP contribution in [-0.2, 0) is 18.5 Å². The number of benzene rings is 4. The van der Waals surface area contributed by atoms with E-state index in [2.05, 4.69) is 48.6 Å². The number of para-hydroxylation sites is 1. The van der Waals surface area contributed by atoms with E-state index in [1.807, 2.05) is 77.7 Å². The number of carbonyl (C=O) groups excluding carboxylic acids is 1. The lowest BCUT2D eigenvalue weighted by atomic mass is 9.93. The van der Waals surface area contributed by atoms with E-state index in [9.17, 15) is 4.79 Å². The van der Waals surface area contributed by atoms with E-state index in [-0.39, 0.29) is 5.91 Å². The van der Waals surface area contributed by atoms with E-state index >= 15 is 0 Å². The van der Waals surface area contributed by atoms with Crippen LogP contribution in [0.1, 0.15) is 34.0 Å². The first kappa shape index (κ1) is 22.7. The topological polar surface area (TPSA) is 41.6 Å². The van der Waals surface area contributed by atoms with Crippen LogP contribution in [0.4, 0.5) is 5.69 Å². The molecule has 4 heteroatoms. The molecule has 1 amide bonds. The molecule has 0 radical (unpaired) electrons. The molecule has 4 aromatic rings. The molecule has 0 aromatic heterocycles. The molecule has 1 unspecified atom stereocenters. The molecular weight excluding hydrogens is 432 g/mol. The van der Waals surface area contributed by atoms with E-state index in [1.165, 1.54) is 11.1 Å². The minimum atomic E-state index is -0.709. The lowest BCUT2D eigenvalue weighted by molar-refractivity contribution is 0.0538. The summed E-state index contributed by atoms with van der Waals surface area (Å²) < 4.78 is 6.12. The van der Waals surface area contributed by atoms with Gasteiger partial charge in [0.05, 0.1) is 12.2 Å². The van der Waals surface area contributed by atoms with Gasteiger partial charge in [-0.2, -0.15) is 0 Å². The number of carbonyl (C=O) groups is 1. The first-order chi connectivity index (χ1) is 17.1. The number of nitrogens with one attached hydrogen (secondary N) is 1. The van der Waals surface area contributed by atoms with Crippen LogP contribution in [-0.4, -0.2) is 24.0 Å². The summed E-state index contributed by atoms with van der Waals surface area (Å²) in [5.74, 6) is 0.837. The van der Waals surface area contributed by atoms with Gasteiger partial charge in [-0.25, -0.2) is 0 Å². The molecule has 0 saturated carbocycles. The molecule has 1 aliphatic heterocycles. The molecule has 4 aromatic carbocycles. The summed E-state index contributed by atoms with van der Waals surface area (Å²) in [6.45, 7) is 3.27. The molecular formula is C31H30N2O2. The molecule has 1 N–H and O–H groups in total. The Morgan fingerprint density at radius 1 is 0.771 bits per heavy atom. The minimum Gasteiger partial charge on any atom is -0.493 e. The number of anilines is 1. The Labute approximate surface area is 207 Å². The van der Waals surface area contributed by atoms with Gasteiger partial charge >= 0.3 is 0 Å². The number of hydrogen-bond donors (Lipinski definition) is 1. The van der Waals surface area contributed by atoms with Crippen LogP contribution in [0.25, 0.3) is 0 Å². The average Bonchev–Trinajstić information content (AvgIpc) is 2.90. The van der Waals surface area contributed by atoms with Crippen LogP contribution in [0.5, 0.6) is 5.75 Å². The maximum Gasteiger partial charge on any atom is 0.258 e. The van der Waals surface area contributed by atoms with E-state index in [0.717, 1.165) is 29.8 Å². The van der Waals surface area contributed by atoms with Crippen molar-refractivity contribution in [1.29, 1.82) is 0 Å². The molecule has 1 aliphatic rings. The molecule has 0 fully saturated rings. The summed E-state index contributed by atoms with van der Waals surface area (Å²) in [6, 6.07) is 36.5. The molecule has 1 atom stereocenters. The van der Waals surface area contributed by atoms with Crippen LogP contribution in [0, 0.1) is 0 Å². The zero-order chi connectivity index (χ0) is 24.1. The van der Waals surface area contributed by atoms with Gasteiger partial charge in [0, 0.05) is 24.2 Å². The fraction of sp³-hybridized carbons (Fsp3) is 0.194. The van der Waals surface area contributed by atoms with Gasteiger partial charge in [-0.15, -0.1) is 0 Å². The van der Waals surface area contributed by atoms with Crippen molar-refractivity contribution in [1.82, 2.24) is 4.90 Å². The zero-order valence-electron chi connectivity index (χ0n) is 20.0. The summed E-state index contributed by atoms with van der Waals surface area (Å²) in [7, 11) is 0. The van der Waals surface area contributed by atoms with Crippen LogP contribution in [0.15, 0.2) is 109 Å². The molecule has 0 spiro atoms. The number of rotatable bonds is 8. The normalized spacial score (nSPS) is 16.9. The molecule has 176 valence electrons. The maximum atomic E-state index is 13.7. The highest BCUT2D eigenvalue weighted by atomic mass is 16.5. The van der Waals surface area contributed by atoms with Gasteiger partial charge in [0.15, 0.2) is 0 Å². The fourth-order valence-electron chi connectivity index (χ4n) is 4.72. The second-order valence-electron chi connectivity index (χ2n) is 9.05. The van der Waals surface area contributed by atoms with Gasteiger partial charge < -0.3 is 15.0 Å². The second kappa shape index (κ2) is 10.1. The monoisotopic (exact) mass is 462 g/mol. The average molecular weight is 463 g/mol. The highest BCUT2D eigenvalue weighted by Crippen LogP contribution is 2.38. The van der Waals surface area contributed by atoms with Crippen molar-refractivity contribution in [3.05, 3.63) is 131 Å². The van der Waals surface area contributed by atoms with E-state index in [0.29, 0.717) is 18.7 Å². The second-order valence-corrected chi connectivity index (χ2v) is 9.05. The van der Waals surface area contributed by atoms with E-state index < -0.39 is 5.66 Å². The van der Waals surface area contributed by atoms with Crippen molar-refractivity contribution < 1.29 is 9.53 Å².